The summed E-state index contributed by atoms with van der Waals surface area (Å²) < 4.78 is 3.36. The molecule has 1 aromatic carbocycles. The maximum absolute atomic E-state index is 12.8. The van der Waals surface area contributed by atoms with Gasteiger partial charge in [-0.25, -0.2) is 0 Å². The van der Waals surface area contributed by atoms with E-state index < -0.39 is 0 Å². The normalized spacial score (nSPS) is 14.4. The van der Waals surface area contributed by atoms with E-state index in [9.17, 15) is 9.59 Å². The highest BCUT2D eigenvalue weighted by Gasteiger charge is 2.21. The maximum Gasteiger partial charge on any atom is 0.271 e. The molecule has 0 bridgehead atoms. The van der Waals surface area contributed by atoms with Gasteiger partial charge >= 0.3 is 0 Å². The Morgan fingerprint density at radius 3 is 2.45 bits per heavy atom. The number of amides is 1. The fourth-order valence-corrected chi connectivity index (χ4v) is 4.27. The quantitative estimate of drug-likeness (QED) is 0.600. The van der Waals surface area contributed by atoms with Gasteiger partial charge in [-0.1, -0.05) is 6.07 Å². The fourth-order valence-electron chi connectivity index (χ4n) is 4.27. The summed E-state index contributed by atoms with van der Waals surface area (Å²) in [6.45, 7) is 11.5. The monoisotopic (exact) mass is 448 g/mol. The average Bonchev–Trinajstić information content (AvgIpc) is 2.97. The first kappa shape index (κ1) is 22.8. The highest BCUT2D eigenvalue weighted by molar-refractivity contribution is 5.76. The second-order valence-corrected chi connectivity index (χ2v) is 8.83. The van der Waals surface area contributed by atoms with E-state index in [1.807, 2.05) is 61.5 Å². The van der Waals surface area contributed by atoms with Crippen LogP contribution >= 0.6 is 0 Å². The molecule has 1 aliphatic heterocycles. The van der Waals surface area contributed by atoms with Crippen molar-refractivity contribution in [2.75, 3.05) is 31.1 Å². The first-order chi connectivity index (χ1) is 15.8. The molecule has 33 heavy (non-hydrogen) atoms. The standard InChI is InChI=1S/C25H32N6O2/c1-18-6-7-22(16-19(18)2)31-25(33)9-8-23(27-31)28-11-5-12-29(15-14-28)24(32)10-13-30-21(4)17-20(3)26-30/h6-9,16-17H,5,10-15H2,1-4H3. The molecule has 1 saturated heterocycles. The number of hydrogen-bond donors (Lipinski definition) is 0. The van der Waals surface area contributed by atoms with E-state index in [1.165, 1.54) is 10.2 Å². The van der Waals surface area contributed by atoms with Gasteiger partial charge in [-0.3, -0.25) is 14.3 Å². The Hall–Kier alpha value is -3.42. The van der Waals surface area contributed by atoms with E-state index in [4.69, 9.17) is 0 Å². The summed E-state index contributed by atoms with van der Waals surface area (Å²) in [6, 6.07) is 11.3. The fraction of sp³-hybridized carbons (Fsp3) is 0.440. The van der Waals surface area contributed by atoms with Gasteiger partial charge in [0, 0.05) is 50.9 Å². The number of anilines is 1. The molecule has 3 heterocycles. The Morgan fingerprint density at radius 1 is 0.909 bits per heavy atom. The topological polar surface area (TPSA) is 76.3 Å². The molecule has 0 spiro atoms. The van der Waals surface area contributed by atoms with Gasteiger partial charge in [-0.15, -0.1) is 5.10 Å². The Bertz CT molecular complexity index is 1210. The molecule has 8 nitrogen and oxygen atoms in total. The van der Waals surface area contributed by atoms with Gasteiger partial charge in [0.25, 0.3) is 5.56 Å². The van der Waals surface area contributed by atoms with Gasteiger partial charge < -0.3 is 9.80 Å². The minimum absolute atomic E-state index is 0.150. The minimum atomic E-state index is -0.155. The van der Waals surface area contributed by atoms with Crippen LogP contribution in [0.5, 0.6) is 0 Å². The maximum atomic E-state index is 12.8. The van der Waals surface area contributed by atoms with Crippen molar-refractivity contribution in [1.29, 1.82) is 0 Å². The third-order valence-electron chi connectivity index (χ3n) is 6.33. The lowest BCUT2D eigenvalue weighted by Crippen LogP contribution is -2.36. The molecule has 0 radical (unpaired) electrons. The van der Waals surface area contributed by atoms with Crippen LogP contribution in [0.25, 0.3) is 5.69 Å². The van der Waals surface area contributed by atoms with E-state index in [1.54, 1.807) is 12.1 Å². The van der Waals surface area contributed by atoms with Crippen molar-refractivity contribution in [1.82, 2.24) is 24.5 Å². The molecule has 3 aromatic rings. The molecule has 0 N–H and O–H groups in total. The van der Waals surface area contributed by atoms with E-state index in [0.29, 0.717) is 26.1 Å². The number of aryl methyl sites for hydroxylation is 5. The highest BCUT2D eigenvalue weighted by Crippen LogP contribution is 2.16. The number of carbonyl (C=O) groups is 1. The van der Waals surface area contributed by atoms with Crippen molar-refractivity contribution in [3.05, 3.63) is 69.3 Å². The van der Waals surface area contributed by atoms with Gasteiger partial charge in [0.1, 0.15) is 5.82 Å². The van der Waals surface area contributed by atoms with Crippen LogP contribution in [-0.4, -0.2) is 56.5 Å². The van der Waals surface area contributed by atoms with Crippen LogP contribution in [0.4, 0.5) is 5.82 Å². The molecule has 0 atom stereocenters. The second kappa shape index (κ2) is 9.60. The third-order valence-corrected chi connectivity index (χ3v) is 6.33. The van der Waals surface area contributed by atoms with Crippen LogP contribution in [-0.2, 0) is 11.3 Å². The van der Waals surface area contributed by atoms with Crippen molar-refractivity contribution < 1.29 is 4.79 Å². The summed E-state index contributed by atoms with van der Waals surface area (Å²) in [7, 11) is 0. The summed E-state index contributed by atoms with van der Waals surface area (Å²) in [5.74, 6) is 0.905. The molecule has 1 aliphatic rings. The third kappa shape index (κ3) is 5.16. The molecule has 4 rings (SSSR count). The Morgan fingerprint density at radius 2 is 1.73 bits per heavy atom. The zero-order valence-corrected chi connectivity index (χ0v) is 19.9. The lowest BCUT2D eigenvalue weighted by molar-refractivity contribution is -0.131. The molecule has 8 heteroatoms. The summed E-state index contributed by atoms with van der Waals surface area (Å²) in [5.41, 5.74) is 4.96. The molecule has 0 aliphatic carbocycles. The number of aromatic nitrogens is 4. The Kier molecular flexibility index (Phi) is 6.62. The summed E-state index contributed by atoms with van der Waals surface area (Å²) in [5, 5.41) is 9.10. The number of rotatable bonds is 5. The van der Waals surface area contributed by atoms with Crippen molar-refractivity contribution >= 4 is 11.7 Å². The molecule has 2 aromatic heterocycles. The van der Waals surface area contributed by atoms with E-state index in [2.05, 4.69) is 15.1 Å². The largest absolute Gasteiger partial charge is 0.353 e. The van der Waals surface area contributed by atoms with E-state index in [-0.39, 0.29) is 11.5 Å². The molecular weight excluding hydrogens is 416 g/mol. The lowest BCUT2D eigenvalue weighted by Gasteiger charge is -2.23. The lowest BCUT2D eigenvalue weighted by atomic mass is 10.1. The van der Waals surface area contributed by atoms with Crippen LogP contribution in [0.3, 0.4) is 0 Å². The molecule has 1 fully saturated rings. The van der Waals surface area contributed by atoms with Gasteiger partial charge in [-0.2, -0.15) is 9.78 Å². The van der Waals surface area contributed by atoms with E-state index in [0.717, 1.165) is 48.0 Å². The van der Waals surface area contributed by atoms with Crippen LogP contribution in [0.1, 0.15) is 35.4 Å². The Labute approximate surface area is 194 Å². The van der Waals surface area contributed by atoms with Gasteiger partial charge in [0.15, 0.2) is 0 Å². The predicted molar refractivity (Wildman–Crippen MR) is 129 cm³/mol. The highest BCUT2D eigenvalue weighted by atomic mass is 16.2. The molecule has 174 valence electrons. The first-order valence-corrected chi connectivity index (χ1v) is 11.5. The first-order valence-electron chi connectivity index (χ1n) is 11.5. The van der Waals surface area contributed by atoms with Crippen molar-refractivity contribution in [2.24, 2.45) is 0 Å². The van der Waals surface area contributed by atoms with Crippen LogP contribution < -0.4 is 10.5 Å². The Balaban J connectivity index is 1.43. The number of benzene rings is 1. The zero-order valence-electron chi connectivity index (χ0n) is 19.9. The van der Waals surface area contributed by atoms with Crippen molar-refractivity contribution in [3.63, 3.8) is 0 Å². The van der Waals surface area contributed by atoms with Crippen molar-refractivity contribution in [3.8, 4) is 5.69 Å². The summed E-state index contributed by atoms with van der Waals surface area (Å²) in [6.07, 6.45) is 1.30. The van der Waals surface area contributed by atoms with Gasteiger partial charge in [-0.05, 0) is 69.5 Å². The zero-order chi connectivity index (χ0) is 23.5. The number of carbonyl (C=O) groups excluding carboxylic acids is 1. The average molecular weight is 449 g/mol. The molecule has 0 saturated carbocycles. The van der Waals surface area contributed by atoms with Crippen LogP contribution in [0, 0.1) is 27.7 Å². The predicted octanol–water partition coefficient (Wildman–Crippen LogP) is 2.79. The number of hydrogen-bond acceptors (Lipinski definition) is 5. The molecule has 0 unspecified atom stereocenters. The molecular formula is C25H32N6O2. The molecule has 1 amide bonds. The van der Waals surface area contributed by atoms with Crippen LogP contribution in [0.2, 0.25) is 0 Å². The van der Waals surface area contributed by atoms with Crippen LogP contribution in [0.15, 0.2) is 41.2 Å². The minimum Gasteiger partial charge on any atom is -0.353 e. The SMILES string of the molecule is Cc1cc(C)n(CCC(=O)N2CCCN(c3ccc(=O)n(-c4ccc(C)c(C)c4)n3)CC2)n1. The van der Waals surface area contributed by atoms with Gasteiger partial charge in [0.2, 0.25) is 5.91 Å². The second-order valence-electron chi connectivity index (χ2n) is 8.83. The number of nitrogens with zero attached hydrogens (tertiary/aromatic N) is 6. The van der Waals surface area contributed by atoms with E-state index >= 15 is 0 Å². The summed E-state index contributed by atoms with van der Waals surface area (Å²) >= 11 is 0. The summed E-state index contributed by atoms with van der Waals surface area (Å²) in [4.78, 5) is 29.4. The van der Waals surface area contributed by atoms with Gasteiger partial charge in [0.05, 0.1) is 11.4 Å². The smallest absolute Gasteiger partial charge is 0.271 e. The van der Waals surface area contributed by atoms with Crippen molar-refractivity contribution in [2.45, 2.75) is 47.1 Å².